The molecule has 0 amide bonds. The average Bonchev–Trinajstić information content (AvgIpc) is 1.81. The fourth-order valence-electron chi connectivity index (χ4n) is 0.593. The summed E-state index contributed by atoms with van der Waals surface area (Å²) in [6.45, 7) is 2.64. The first-order chi connectivity index (χ1) is 3.91. The minimum atomic E-state index is 0.486. The summed E-state index contributed by atoms with van der Waals surface area (Å²) in [5.41, 5.74) is 0. The molecule has 2 nitrogen and oxygen atoms in total. The molecular weight excluding hydrogens is 104 g/mol. The predicted octanol–water partition coefficient (Wildman–Crippen LogP) is 2.06. The summed E-state index contributed by atoms with van der Waals surface area (Å²) >= 11 is 0. The number of hydrogen-bond acceptors (Lipinski definition) is 2. The Morgan fingerprint density at radius 3 is 2.50 bits per heavy atom. The van der Waals surface area contributed by atoms with Gasteiger partial charge < -0.3 is 0 Å². The lowest BCUT2D eigenvalue weighted by molar-refractivity contribution is -0.242. The molecule has 0 bridgehead atoms. The number of unbranched alkanes of at least 4 members (excludes halogenated alkanes) is 3. The Kier molecular flexibility index (Phi) is 6.85. The van der Waals surface area contributed by atoms with Crippen LogP contribution in [0.1, 0.15) is 32.6 Å². The molecule has 0 fully saturated rings. The normalized spacial score (nSPS) is 9.75. The first kappa shape index (κ1) is 7.92. The second-order valence-corrected chi connectivity index (χ2v) is 1.89. The molecule has 0 aliphatic rings. The van der Waals surface area contributed by atoms with E-state index in [4.69, 9.17) is 5.26 Å². The van der Waals surface area contributed by atoms with E-state index in [1.165, 1.54) is 12.8 Å². The van der Waals surface area contributed by atoms with Crippen LogP contribution in [0.15, 0.2) is 0 Å². The van der Waals surface area contributed by atoms with Crippen LogP contribution in [0.4, 0.5) is 0 Å². The first-order valence-corrected chi connectivity index (χ1v) is 3.18. The van der Waals surface area contributed by atoms with Crippen molar-refractivity contribution in [3.63, 3.8) is 0 Å². The molecule has 0 radical (unpaired) electrons. The molecule has 50 valence electrons. The molecule has 0 rings (SSSR count). The van der Waals surface area contributed by atoms with Crippen LogP contribution < -0.4 is 0 Å². The van der Waals surface area contributed by atoms with Gasteiger partial charge in [0.1, 0.15) is 0 Å². The molecular formula is C6H14O2. The highest BCUT2D eigenvalue weighted by atomic mass is 17.1. The topological polar surface area (TPSA) is 29.5 Å². The lowest BCUT2D eigenvalue weighted by atomic mass is 10.2. The van der Waals surface area contributed by atoms with E-state index in [0.717, 1.165) is 12.8 Å². The van der Waals surface area contributed by atoms with Gasteiger partial charge in [-0.1, -0.05) is 26.2 Å². The summed E-state index contributed by atoms with van der Waals surface area (Å²) in [7, 11) is 0. The highest BCUT2D eigenvalue weighted by molar-refractivity contribution is 4.36. The van der Waals surface area contributed by atoms with E-state index in [9.17, 15) is 0 Å². The monoisotopic (exact) mass is 118 g/mol. The molecule has 8 heavy (non-hydrogen) atoms. The van der Waals surface area contributed by atoms with Crippen LogP contribution in [0.25, 0.3) is 0 Å². The van der Waals surface area contributed by atoms with Crippen LogP contribution in [0.2, 0.25) is 0 Å². The summed E-state index contributed by atoms with van der Waals surface area (Å²) in [6.07, 6.45) is 4.61. The Morgan fingerprint density at radius 2 is 2.00 bits per heavy atom. The molecule has 0 aliphatic heterocycles. The standard InChI is InChI=1S/C6H14O2/c1-2-3-4-5-6-8-7/h7H,2-6H2,1H3. The van der Waals surface area contributed by atoms with E-state index in [0.29, 0.717) is 6.61 Å². The summed E-state index contributed by atoms with van der Waals surface area (Å²) in [5, 5.41) is 7.87. The molecule has 0 spiro atoms. The average molecular weight is 118 g/mol. The molecule has 0 saturated carbocycles. The van der Waals surface area contributed by atoms with Crippen molar-refractivity contribution in [3.8, 4) is 0 Å². The van der Waals surface area contributed by atoms with Gasteiger partial charge in [-0.3, -0.25) is 5.26 Å². The Hall–Kier alpha value is -0.0800. The van der Waals surface area contributed by atoms with Crippen molar-refractivity contribution in [2.24, 2.45) is 0 Å². The van der Waals surface area contributed by atoms with Crippen LogP contribution in [0, 0.1) is 0 Å². The van der Waals surface area contributed by atoms with Crippen LogP contribution in [0.5, 0.6) is 0 Å². The SMILES string of the molecule is CCCCCCOO. The highest BCUT2D eigenvalue weighted by Gasteiger charge is 1.84. The van der Waals surface area contributed by atoms with E-state index < -0.39 is 0 Å². The summed E-state index contributed by atoms with van der Waals surface area (Å²) < 4.78 is 0. The van der Waals surface area contributed by atoms with Gasteiger partial charge in [0.05, 0.1) is 6.61 Å². The van der Waals surface area contributed by atoms with Gasteiger partial charge in [-0.25, -0.2) is 4.89 Å². The van der Waals surface area contributed by atoms with Crippen molar-refractivity contribution in [1.29, 1.82) is 0 Å². The summed E-state index contributed by atoms with van der Waals surface area (Å²) in [5.74, 6) is 0. The van der Waals surface area contributed by atoms with Crippen molar-refractivity contribution in [3.05, 3.63) is 0 Å². The fourth-order valence-corrected chi connectivity index (χ4v) is 0.593. The lowest BCUT2D eigenvalue weighted by Gasteiger charge is -1.93. The lowest BCUT2D eigenvalue weighted by Crippen LogP contribution is -1.87. The van der Waals surface area contributed by atoms with Gasteiger partial charge in [0.2, 0.25) is 0 Å². The van der Waals surface area contributed by atoms with E-state index in [1.807, 2.05) is 0 Å². The second-order valence-electron chi connectivity index (χ2n) is 1.89. The maximum atomic E-state index is 7.87. The Labute approximate surface area is 50.4 Å². The van der Waals surface area contributed by atoms with Crippen LogP contribution in [0.3, 0.4) is 0 Å². The molecule has 0 unspecified atom stereocenters. The largest absolute Gasteiger partial charge is 0.252 e. The molecule has 0 atom stereocenters. The van der Waals surface area contributed by atoms with Crippen molar-refractivity contribution in [2.75, 3.05) is 6.61 Å². The van der Waals surface area contributed by atoms with Crippen molar-refractivity contribution >= 4 is 0 Å². The minimum absolute atomic E-state index is 0.486. The van der Waals surface area contributed by atoms with Crippen LogP contribution in [-0.4, -0.2) is 11.9 Å². The van der Waals surface area contributed by atoms with Gasteiger partial charge in [0, 0.05) is 0 Å². The van der Waals surface area contributed by atoms with Crippen LogP contribution in [-0.2, 0) is 4.89 Å². The maximum absolute atomic E-state index is 7.87. The minimum Gasteiger partial charge on any atom is -0.252 e. The summed E-state index contributed by atoms with van der Waals surface area (Å²) in [4.78, 5) is 3.89. The summed E-state index contributed by atoms with van der Waals surface area (Å²) in [6, 6.07) is 0. The molecule has 0 saturated heterocycles. The fraction of sp³-hybridized carbons (Fsp3) is 1.00. The second kappa shape index (κ2) is 6.92. The third kappa shape index (κ3) is 5.92. The molecule has 0 aliphatic carbocycles. The molecule has 0 aromatic rings. The molecule has 0 aromatic carbocycles. The van der Waals surface area contributed by atoms with Gasteiger partial charge in [-0.15, -0.1) is 0 Å². The Bertz CT molecular complexity index is 31.5. The third-order valence-electron chi connectivity index (χ3n) is 1.09. The predicted molar refractivity (Wildman–Crippen MR) is 32.7 cm³/mol. The first-order valence-electron chi connectivity index (χ1n) is 3.18. The molecule has 1 N–H and O–H groups in total. The van der Waals surface area contributed by atoms with Gasteiger partial charge in [0.15, 0.2) is 0 Å². The highest BCUT2D eigenvalue weighted by Crippen LogP contribution is 1.97. The van der Waals surface area contributed by atoms with Gasteiger partial charge in [0.25, 0.3) is 0 Å². The van der Waals surface area contributed by atoms with Crippen molar-refractivity contribution in [1.82, 2.24) is 0 Å². The van der Waals surface area contributed by atoms with E-state index in [-0.39, 0.29) is 0 Å². The van der Waals surface area contributed by atoms with E-state index in [1.54, 1.807) is 0 Å². The zero-order valence-corrected chi connectivity index (χ0v) is 5.39. The van der Waals surface area contributed by atoms with Gasteiger partial charge >= 0.3 is 0 Å². The van der Waals surface area contributed by atoms with Crippen molar-refractivity contribution in [2.45, 2.75) is 32.6 Å². The molecule has 0 aromatic heterocycles. The van der Waals surface area contributed by atoms with Gasteiger partial charge in [-0.05, 0) is 6.42 Å². The van der Waals surface area contributed by atoms with Gasteiger partial charge in [-0.2, -0.15) is 0 Å². The van der Waals surface area contributed by atoms with Crippen molar-refractivity contribution < 1.29 is 10.1 Å². The Balaban J connectivity index is 2.53. The maximum Gasteiger partial charge on any atom is 0.0819 e. The van der Waals surface area contributed by atoms with E-state index >= 15 is 0 Å². The van der Waals surface area contributed by atoms with Crippen LogP contribution >= 0.6 is 0 Å². The zero-order valence-electron chi connectivity index (χ0n) is 5.39. The molecule has 0 heterocycles. The Morgan fingerprint density at radius 1 is 1.25 bits per heavy atom. The third-order valence-corrected chi connectivity index (χ3v) is 1.09. The zero-order chi connectivity index (χ0) is 6.24. The number of hydrogen-bond donors (Lipinski definition) is 1. The quantitative estimate of drug-likeness (QED) is 0.340. The molecule has 2 heteroatoms. The van der Waals surface area contributed by atoms with E-state index in [2.05, 4.69) is 11.8 Å². The number of rotatable bonds is 5. The smallest absolute Gasteiger partial charge is 0.0819 e.